The van der Waals surface area contributed by atoms with Crippen molar-refractivity contribution in [1.82, 2.24) is 0 Å². The van der Waals surface area contributed by atoms with Crippen LogP contribution in [0.5, 0.6) is 0 Å². The molecule has 28 heavy (non-hydrogen) atoms. The Morgan fingerprint density at radius 2 is 0.750 bits per heavy atom. The van der Waals surface area contributed by atoms with Crippen molar-refractivity contribution >= 4 is 36.9 Å². The fourth-order valence-electron chi connectivity index (χ4n) is 3.90. The van der Waals surface area contributed by atoms with Crippen molar-refractivity contribution in [3.05, 3.63) is 134 Å². The summed E-state index contributed by atoms with van der Waals surface area (Å²) in [4.78, 5) is 0. The number of hydrogen-bond acceptors (Lipinski definition) is 0. The van der Waals surface area contributed by atoms with Crippen molar-refractivity contribution in [2.45, 2.75) is 0 Å². The highest BCUT2D eigenvalue weighted by atomic mass is 28.3. The van der Waals surface area contributed by atoms with Crippen molar-refractivity contribution < 1.29 is 0 Å². The van der Waals surface area contributed by atoms with E-state index in [-0.39, 0.29) is 0 Å². The van der Waals surface area contributed by atoms with Crippen molar-refractivity contribution in [1.29, 1.82) is 0 Å². The minimum Gasteiger partial charge on any atom is -0.106 e. The third-order valence-electron chi connectivity index (χ3n) is 5.61. The molecule has 0 aliphatic rings. The lowest BCUT2D eigenvalue weighted by atomic mass is 10.3. The zero-order valence-electron chi connectivity index (χ0n) is 16.2. The van der Waals surface area contributed by atoms with Gasteiger partial charge in [-0.25, -0.2) is 0 Å². The average Bonchev–Trinajstić information content (AvgIpc) is 2.78. The van der Waals surface area contributed by atoms with E-state index < -0.39 is 16.1 Å². The fourth-order valence-corrected chi connectivity index (χ4v) is 9.96. The smallest absolute Gasteiger partial charge is 0.106 e. The standard InChI is InChI=1S/C26H26Si2/c1-5-27(6-2,23-16-11-9-12-17-23)25-20-15-21-26(22-25)28(7-3,8-4)24-18-13-10-14-19-24/h5-22H,1-4H2. The Hall–Kier alpha value is -2.95. The largest absolute Gasteiger partial charge is 0.163 e. The van der Waals surface area contributed by atoms with E-state index in [1.54, 1.807) is 0 Å². The summed E-state index contributed by atoms with van der Waals surface area (Å²) < 4.78 is 0. The molecule has 2 heteroatoms. The summed E-state index contributed by atoms with van der Waals surface area (Å²) >= 11 is 0. The maximum absolute atomic E-state index is 4.21. The quantitative estimate of drug-likeness (QED) is 0.511. The van der Waals surface area contributed by atoms with Gasteiger partial charge in [0.1, 0.15) is 0 Å². The second kappa shape index (κ2) is 8.38. The maximum atomic E-state index is 4.21. The van der Waals surface area contributed by atoms with Crippen molar-refractivity contribution in [2.24, 2.45) is 0 Å². The Morgan fingerprint density at radius 3 is 1.07 bits per heavy atom. The molecule has 0 N–H and O–H groups in total. The summed E-state index contributed by atoms with van der Waals surface area (Å²) in [7, 11) is -4.50. The molecule has 0 bridgehead atoms. The lowest BCUT2D eigenvalue weighted by Gasteiger charge is -2.30. The van der Waals surface area contributed by atoms with Gasteiger partial charge in [-0.05, 0) is 20.7 Å². The molecule has 0 amide bonds. The van der Waals surface area contributed by atoms with Crippen LogP contribution in [-0.2, 0) is 0 Å². The fraction of sp³-hybridized carbons (Fsp3) is 0. The van der Waals surface area contributed by atoms with Crippen LogP contribution in [0.3, 0.4) is 0 Å². The lowest BCUT2D eigenvalue weighted by molar-refractivity contribution is 1.71. The van der Waals surface area contributed by atoms with E-state index >= 15 is 0 Å². The molecule has 0 unspecified atom stereocenters. The summed E-state index contributed by atoms with van der Waals surface area (Å²) in [6.45, 7) is 16.8. The summed E-state index contributed by atoms with van der Waals surface area (Å²) in [5.41, 5.74) is 8.45. The van der Waals surface area contributed by atoms with Crippen LogP contribution in [-0.4, -0.2) is 16.1 Å². The van der Waals surface area contributed by atoms with Gasteiger partial charge in [-0.1, -0.05) is 108 Å². The summed E-state index contributed by atoms with van der Waals surface area (Å²) in [5, 5.41) is 5.16. The average molecular weight is 395 g/mol. The molecule has 0 fully saturated rings. The molecule has 0 atom stereocenters. The van der Waals surface area contributed by atoms with Gasteiger partial charge in [0.2, 0.25) is 0 Å². The molecule has 0 aliphatic carbocycles. The molecular formula is C26H26Si2. The highest BCUT2D eigenvalue weighted by Crippen LogP contribution is 2.12. The normalized spacial score (nSPS) is 11.4. The van der Waals surface area contributed by atoms with Crippen LogP contribution in [0.2, 0.25) is 0 Å². The van der Waals surface area contributed by atoms with Gasteiger partial charge in [0.25, 0.3) is 0 Å². The predicted molar refractivity (Wildman–Crippen MR) is 130 cm³/mol. The molecule has 0 spiro atoms. The van der Waals surface area contributed by atoms with Crippen LogP contribution in [0.25, 0.3) is 0 Å². The molecule has 0 saturated heterocycles. The van der Waals surface area contributed by atoms with E-state index in [2.05, 4.69) is 122 Å². The molecule has 0 aliphatic heterocycles. The van der Waals surface area contributed by atoms with Crippen molar-refractivity contribution in [3.8, 4) is 0 Å². The molecule has 0 radical (unpaired) electrons. The first-order chi connectivity index (χ1) is 13.7. The van der Waals surface area contributed by atoms with Crippen LogP contribution >= 0.6 is 0 Å². The first-order valence-corrected chi connectivity index (χ1v) is 13.7. The van der Waals surface area contributed by atoms with E-state index in [1.807, 2.05) is 12.1 Å². The van der Waals surface area contributed by atoms with E-state index in [1.165, 1.54) is 20.7 Å². The zero-order valence-corrected chi connectivity index (χ0v) is 18.2. The minimum atomic E-state index is -2.25. The van der Waals surface area contributed by atoms with Crippen molar-refractivity contribution in [2.75, 3.05) is 0 Å². The SMILES string of the molecule is C=C[Si](C=C)(c1ccccc1)c1cccc([Si](C=C)(C=C)c2ccccc2)c1. The Balaban J connectivity index is 2.23. The first-order valence-electron chi connectivity index (χ1n) is 9.43. The van der Waals surface area contributed by atoms with Crippen LogP contribution in [0.4, 0.5) is 0 Å². The van der Waals surface area contributed by atoms with Gasteiger partial charge in [-0.3, -0.25) is 0 Å². The molecule has 0 saturated carbocycles. The van der Waals surface area contributed by atoms with Gasteiger partial charge in [-0.15, -0.1) is 26.3 Å². The molecule has 0 heterocycles. The topological polar surface area (TPSA) is 0 Å². The molecule has 138 valence electrons. The van der Waals surface area contributed by atoms with Gasteiger partial charge in [0.05, 0.1) is 0 Å². The maximum Gasteiger partial charge on any atom is 0.163 e. The molecule has 0 aromatic heterocycles. The highest BCUT2D eigenvalue weighted by Gasteiger charge is 2.35. The van der Waals surface area contributed by atoms with Gasteiger partial charge in [0.15, 0.2) is 16.1 Å². The zero-order chi connectivity index (χ0) is 20.0. The number of rotatable bonds is 8. The molecule has 3 aromatic rings. The number of hydrogen-bond donors (Lipinski definition) is 0. The Bertz CT molecular complexity index is 892. The van der Waals surface area contributed by atoms with E-state index in [4.69, 9.17) is 0 Å². The van der Waals surface area contributed by atoms with Gasteiger partial charge in [-0.2, -0.15) is 0 Å². The third-order valence-corrected chi connectivity index (χ3v) is 13.3. The monoisotopic (exact) mass is 394 g/mol. The van der Waals surface area contributed by atoms with Crippen LogP contribution in [0.15, 0.2) is 134 Å². The van der Waals surface area contributed by atoms with E-state index in [0.717, 1.165) is 0 Å². The van der Waals surface area contributed by atoms with Crippen LogP contribution < -0.4 is 20.7 Å². The highest BCUT2D eigenvalue weighted by molar-refractivity contribution is 7.11. The molecular weight excluding hydrogens is 368 g/mol. The molecule has 3 aromatic carbocycles. The summed E-state index contributed by atoms with van der Waals surface area (Å²) in [6, 6.07) is 30.1. The summed E-state index contributed by atoms with van der Waals surface area (Å²) in [5.74, 6) is 0. The minimum absolute atomic E-state index is 1.29. The second-order valence-electron chi connectivity index (χ2n) is 6.87. The Morgan fingerprint density at radius 1 is 0.429 bits per heavy atom. The molecule has 3 rings (SSSR count). The van der Waals surface area contributed by atoms with Gasteiger partial charge >= 0.3 is 0 Å². The lowest BCUT2D eigenvalue weighted by Crippen LogP contribution is -2.60. The van der Waals surface area contributed by atoms with E-state index in [9.17, 15) is 0 Å². The Labute approximate surface area is 170 Å². The van der Waals surface area contributed by atoms with Gasteiger partial charge in [0, 0.05) is 0 Å². The van der Waals surface area contributed by atoms with Gasteiger partial charge < -0.3 is 0 Å². The van der Waals surface area contributed by atoms with Crippen LogP contribution in [0, 0.1) is 0 Å². The van der Waals surface area contributed by atoms with E-state index in [0.29, 0.717) is 0 Å². The second-order valence-corrected chi connectivity index (χ2v) is 14.3. The Kier molecular flexibility index (Phi) is 5.93. The van der Waals surface area contributed by atoms with Crippen molar-refractivity contribution in [3.63, 3.8) is 0 Å². The first kappa shape index (κ1) is 19.8. The third kappa shape index (κ3) is 3.22. The predicted octanol–water partition coefficient (Wildman–Crippen LogP) is 3.71. The van der Waals surface area contributed by atoms with Crippen LogP contribution in [0.1, 0.15) is 0 Å². The number of benzene rings is 3. The summed E-state index contributed by atoms with van der Waals surface area (Å²) in [6.07, 6.45) is 0. The molecule has 0 nitrogen and oxygen atoms in total.